The van der Waals surface area contributed by atoms with E-state index in [1.54, 1.807) is 16.6 Å². The van der Waals surface area contributed by atoms with Crippen molar-refractivity contribution in [1.29, 1.82) is 0 Å². The summed E-state index contributed by atoms with van der Waals surface area (Å²) in [5, 5.41) is 24.5. The monoisotopic (exact) mass is 346 g/mol. The van der Waals surface area contributed by atoms with E-state index in [-0.39, 0.29) is 5.69 Å². The molecule has 9 nitrogen and oxygen atoms in total. The zero-order valence-electron chi connectivity index (χ0n) is 12.7. The van der Waals surface area contributed by atoms with Gasteiger partial charge in [-0.2, -0.15) is 9.61 Å². The first-order valence-electron chi connectivity index (χ1n) is 7.47. The minimum Gasteiger partial charge on any atom is -0.379 e. The molecule has 1 fully saturated rings. The summed E-state index contributed by atoms with van der Waals surface area (Å²) in [6, 6.07) is 6.45. The first-order chi connectivity index (χ1) is 11.7. The van der Waals surface area contributed by atoms with Crippen LogP contribution in [0, 0.1) is 10.1 Å². The molecule has 1 aliphatic rings. The van der Waals surface area contributed by atoms with Crippen LogP contribution in [0.5, 0.6) is 0 Å². The average Bonchev–Trinajstić information content (AvgIpc) is 3.18. The predicted molar refractivity (Wildman–Crippen MR) is 86.8 cm³/mol. The van der Waals surface area contributed by atoms with Crippen LogP contribution in [0.15, 0.2) is 24.3 Å². The highest BCUT2D eigenvalue weighted by Crippen LogP contribution is 2.28. The lowest BCUT2D eigenvalue weighted by molar-refractivity contribution is -0.384. The Labute approximate surface area is 140 Å². The number of aromatic nitrogens is 4. The summed E-state index contributed by atoms with van der Waals surface area (Å²) >= 11 is 1.37. The van der Waals surface area contributed by atoms with Gasteiger partial charge < -0.3 is 4.74 Å². The van der Waals surface area contributed by atoms with Gasteiger partial charge in [0.05, 0.1) is 24.7 Å². The van der Waals surface area contributed by atoms with Crippen molar-refractivity contribution in [3.8, 4) is 10.6 Å². The molecule has 0 saturated carbocycles. The Hall–Kier alpha value is -2.43. The molecule has 0 bridgehead atoms. The molecule has 0 unspecified atom stereocenters. The summed E-state index contributed by atoms with van der Waals surface area (Å²) in [7, 11) is 0. The summed E-state index contributed by atoms with van der Waals surface area (Å²) in [6.45, 7) is 3.81. The Morgan fingerprint density at radius 1 is 1.29 bits per heavy atom. The van der Waals surface area contributed by atoms with Crippen LogP contribution in [0.4, 0.5) is 5.69 Å². The van der Waals surface area contributed by atoms with Gasteiger partial charge in [-0.05, 0) is 0 Å². The molecule has 1 aromatic carbocycles. The molecule has 1 saturated heterocycles. The third-order valence-corrected chi connectivity index (χ3v) is 4.78. The van der Waals surface area contributed by atoms with Crippen molar-refractivity contribution in [3.63, 3.8) is 0 Å². The second-order valence-corrected chi connectivity index (χ2v) is 6.37. The van der Waals surface area contributed by atoms with Crippen LogP contribution < -0.4 is 0 Å². The molecular formula is C14H14N6O3S. The summed E-state index contributed by atoms with van der Waals surface area (Å²) in [5.41, 5.74) is 0.754. The van der Waals surface area contributed by atoms with E-state index in [1.165, 1.54) is 23.5 Å². The third kappa shape index (κ3) is 2.86. The number of nitrogens with zero attached hydrogens (tertiary/aromatic N) is 6. The maximum atomic E-state index is 10.9. The van der Waals surface area contributed by atoms with Gasteiger partial charge in [0, 0.05) is 30.8 Å². The highest BCUT2D eigenvalue weighted by Gasteiger charge is 2.18. The molecule has 3 aromatic rings. The van der Waals surface area contributed by atoms with E-state index in [0.717, 1.165) is 32.1 Å². The van der Waals surface area contributed by atoms with Gasteiger partial charge in [0.25, 0.3) is 5.69 Å². The maximum absolute atomic E-state index is 10.9. The van der Waals surface area contributed by atoms with E-state index in [2.05, 4.69) is 20.2 Å². The normalized spacial score (nSPS) is 15.8. The standard InChI is InChI=1S/C14H14N6O3S/c21-20(22)11-3-1-2-10(8-11)13-17-19-12(15-16-14(19)24-13)9-18-4-6-23-7-5-18/h1-3,8H,4-7,9H2. The third-order valence-electron chi connectivity index (χ3n) is 3.83. The van der Waals surface area contributed by atoms with Gasteiger partial charge in [0.15, 0.2) is 5.82 Å². The minimum absolute atomic E-state index is 0.0482. The molecule has 1 aliphatic heterocycles. The fraction of sp³-hybridized carbons (Fsp3) is 0.357. The topological polar surface area (TPSA) is 98.7 Å². The number of fused-ring (bicyclic) bond motifs is 1. The van der Waals surface area contributed by atoms with E-state index in [4.69, 9.17) is 4.74 Å². The molecule has 0 radical (unpaired) electrons. The highest BCUT2D eigenvalue weighted by atomic mass is 32.1. The summed E-state index contributed by atoms with van der Waals surface area (Å²) in [5.74, 6) is 0.764. The fourth-order valence-electron chi connectivity index (χ4n) is 2.58. The zero-order valence-corrected chi connectivity index (χ0v) is 13.5. The predicted octanol–water partition coefficient (Wildman–Crippen LogP) is 1.59. The van der Waals surface area contributed by atoms with E-state index < -0.39 is 4.92 Å². The summed E-state index contributed by atoms with van der Waals surface area (Å²) < 4.78 is 7.06. The Bertz CT molecular complexity index is 886. The van der Waals surface area contributed by atoms with Gasteiger partial charge >= 0.3 is 0 Å². The number of nitro groups is 1. The SMILES string of the molecule is O=[N+]([O-])c1cccc(-c2nn3c(CN4CCOCC4)nnc3s2)c1. The molecule has 2 aromatic heterocycles. The van der Waals surface area contributed by atoms with Gasteiger partial charge in [0.1, 0.15) is 5.01 Å². The average molecular weight is 346 g/mol. The summed E-state index contributed by atoms with van der Waals surface area (Å²) in [6.07, 6.45) is 0. The quantitative estimate of drug-likeness (QED) is 0.522. The van der Waals surface area contributed by atoms with Crippen molar-refractivity contribution in [1.82, 2.24) is 24.7 Å². The first kappa shape index (κ1) is 15.1. The molecule has 0 spiro atoms. The maximum Gasteiger partial charge on any atom is 0.270 e. The lowest BCUT2D eigenvalue weighted by Crippen LogP contribution is -2.36. The molecule has 124 valence electrons. The number of nitro benzene ring substituents is 1. The number of non-ortho nitro benzene ring substituents is 1. The van der Waals surface area contributed by atoms with Crippen LogP contribution in [0.25, 0.3) is 15.5 Å². The molecule has 24 heavy (non-hydrogen) atoms. The van der Waals surface area contributed by atoms with Crippen molar-refractivity contribution in [2.75, 3.05) is 26.3 Å². The molecule has 4 rings (SSSR count). The van der Waals surface area contributed by atoms with Crippen LogP contribution in [-0.4, -0.2) is 55.9 Å². The second kappa shape index (κ2) is 6.23. The van der Waals surface area contributed by atoms with E-state index in [0.29, 0.717) is 22.1 Å². The Morgan fingerprint density at radius 3 is 2.92 bits per heavy atom. The number of rotatable bonds is 4. The molecule has 0 aliphatic carbocycles. The van der Waals surface area contributed by atoms with Crippen molar-refractivity contribution >= 4 is 22.0 Å². The van der Waals surface area contributed by atoms with Gasteiger partial charge in [-0.3, -0.25) is 15.0 Å². The van der Waals surface area contributed by atoms with Crippen LogP contribution >= 0.6 is 11.3 Å². The van der Waals surface area contributed by atoms with Crippen molar-refractivity contribution in [3.05, 3.63) is 40.2 Å². The molecular weight excluding hydrogens is 332 g/mol. The van der Waals surface area contributed by atoms with Gasteiger partial charge in [-0.1, -0.05) is 23.5 Å². The van der Waals surface area contributed by atoms with E-state index in [1.807, 2.05) is 0 Å². The lowest BCUT2D eigenvalue weighted by Gasteiger charge is -2.25. The van der Waals surface area contributed by atoms with Gasteiger partial charge in [-0.25, -0.2) is 0 Å². The Kier molecular flexibility index (Phi) is 3.92. The van der Waals surface area contributed by atoms with Crippen molar-refractivity contribution < 1.29 is 9.66 Å². The Balaban J connectivity index is 1.64. The lowest BCUT2D eigenvalue weighted by atomic mass is 10.2. The number of ether oxygens (including phenoxy) is 1. The van der Waals surface area contributed by atoms with Crippen LogP contribution in [0.3, 0.4) is 0 Å². The molecule has 3 heterocycles. The molecule has 0 N–H and O–H groups in total. The second-order valence-electron chi connectivity index (χ2n) is 5.41. The minimum atomic E-state index is -0.409. The smallest absolute Gasteiger partial charge is 0.270 e. The van der Waals surface area contributed by atoms with Gasteiger partial charge in [0.2, 0.25) is 4.96 Å². The van der Waals surface area contributed by atoms with E-state index in [9.17, 15) is 10.1 Å². The Morgan fingerprint density at radius 2 is 2.12 bits per heavy atom. The van der Waals surface area contributed by atoms with E-state index >= 15 is 0 Å². The fourth-order valence-corrected chi connectivity index (χ4v) is 3.44. The molecule has 0 amide bonds. The highest BCUT2D eigenvalue weighted by molar-refractivity contribution is 7.19. The van der Waals surface area contributed by atoms with Crippen molar-refractivity contribution in [2.24, 2.45) is 0 Å². The number of hydrogen-bond donors (Lipinski definition) is 0. The number of morpholine rings is 1. The zero-order chi connectivity index (χ0) is 16.5. The summed E-state index contributed by atoms with van der Waals surface area (Å²) in [4.78, 5) is 13.4. The van der Waals surface area contributed by atoms with Crippen LogP contribution in [0.1, 0.15) is 5.82 Å². The van der Waals surface area contributed by atoms with Crippen LogP contribution in [-0.2, 0) is 11.3 Å². The largest absolute Gasteiger partial charge is 0.379 e. The van der Waals surface area contributed by atoms with Crippen LogP contribution in [0.2, 0.25) is 0 Å². The number of hydrogen-bond acceptors (Lipinski definition) is 8. The van der Waals surface area contributed by atoms with Gasteiger partial charge in [-0.15, -0.1) is 10.2 Å². The van der Waals surface area contributed by atoms with Crippen molar-refractivity contribution in [2.45, 2.75) is 6.54 Å². The molecule has 0 atom stereocenters. The number of benzene rings is 1. The molecule has 10 heteroatoms. The first-order valence-corrected chi connectivity index (χ1v) is 8.28.